The third-order valence-corrected chi connectivity index (χ3v) is 5.60. The van der Waals surface area contributed by atoms with Crippen LogP contribution in [0.25, 0.3) is 0 Å². The van der Waals surface area contributed by atoms with E-state index in [0.29, 0.717) is 12.0 Å². The number of hydrogen-bond donors (Lipinski definition) is 1. The van der Waals surface area contributed by atoms with E-state index < -0.39 is 15.6 Å². The summed E-state index contributed by atoms with van der Waals surface area (Å²) in [5, 5.41) is 3.30. The van der Waals surface area contributed by atoms with E-state index in [-0.39, 0.29) is 4.90 Å². The standard InChI is InChI=1S/C17H17F2NO2S/c18-17(19)23(21,22)16-8-6-14(7-9-16)20-15-10-13(11-15)12-4-2-1-3-5-12/h1-9,13,15,17,20H,10-11H2. The van der Waals surface area contributed by atoms with Crippen LogP contribution < -0.4 is 5.32 Å². The summed E-state index contributed by atoms with van der Waals surface area (Å²) < 4.78 is 47.7. The molecule has 0 spiro atoms. The number of halogens is 2. The van der Waals surface area contributed by atoms with E-state index in [1.54, 1.807) is 0 Å². The van der Waals surface area contributed by atoms with Gasteiger partial charge in [-0.3, -0.25) is 0 Å². The number of rotatable bonds is 5. The molecule has 1 fully saturated rings. The summed E-state index contributed by atoms with van der Waals surface area (Å²) in [6.07, 6.45) is 2.00. The number of nitrogens with one attached hydrogen (secondary N) is 1. The molecule has 2 aromatic carbocycles. The molecule has 6 heteroatoms. The lowest BCUT2D eigenvalue weighted by molar-refractivity contribution is 0.234. The zero-order valence-corrected chi connectivity index (χ0v) is 13.1. The summed E-state index contributed by atoms with van der Waals surface area (Å²) in [6, 6.07) is 16.1. The first kappa shape index (κ1) is 15.9. The second kappa shape index (κ2) is 6.28. The van der Waals surface area contributed by atoms with E-state index in [9.17, 15) is 17.2 Å². The van der Waals surface area contributed by atoms with Gasteiger partial charge in [-0.15, -0.1) is 0 Å². The van der Waals surface area contributed by atoms with Gasteiger partial charge >= 0.3 is 5.76 Å². The van der Waals surface area contributed by atoms with Crippen LogP contribution in [0.1, 0.15) is 24.3 Å². The van der Waals surface area contributed by atoms with Crippen LogP contribution in [0.15, 0.2) is 59.5 Å². The first-order valence-electron chi connectivity index (χ1n) is 7.40. The van der Waals surface area contributed by atoms with Crippen LogP contribution in [0.3, 0.4) is 0 Å². The molecule has 0 aromatic heterocycles. The SMILES string of the molecule is O=S(=O)(c1ccc(NC2CC(c3ccccc3)C2)cc1)C(F)F. The van der Waals surface area contributed by atoms with Gasteiger partial charge in [0.05, 0.1) is 4.90 Å². The summed E-state index contributed by atoms with van der Waals surface area (Å²) in [5.41, 5.74) is 2.07. The molecule has 0 amide bonds. The van der Waals surface area contributed by atoms with Crippen LogP contribution in [0, 0.1) is 0 Å². The molecule has 3 nitrogen and oxygen atoms in total. The Hall–Kier alpha value is -1.95. The molecule has 122 valence electrons. The molecule has 3 rings (SSSR count). The van der Waals surface area contributed by atoms with Gasteiger partial charge in [-0.1, -0.05) is 30.3 Å². The van der Waals surface area contributed by atoms with Crippen molar-refractivity contribution in [2.24, 2.45) is 0 Å². The van der Waals surface area contributed by atoms with Crippen LogP contribution in [0.5, 0.6) is 0 Å². The molecule has 0 saturated heterocycles. The summed E-state index contributed by atoms with van der Waals surface area (Å²) in [6.45, 7) is 0. The van der Waals surface area contributed by atoms with Crippen LogP contribution in [0.2, 0.25) is 0 Å². The molecular weight excluding hydrogens is 320 g/mol. The molecule has 23 heavy (non-hydrogen) atoms. The average molecular weight is 337 g/mol. The number of alkyl halides is 2. The molecule has 0 bridgehead atoms. The van der Waals surface area contributed by atoms with E-state index in [4.69, 9.17) is 0 Å². The summed E-state index contributed by atoms with van der Waals surface area (Å²) >= 11 is 0. The molecule has 0 radical (unpaired) electrons. The topological polar surface area (TPSA) is 46.2 Å². The second-order valence-corrected chi connectivity index (χ2v) is 7.67. The fourth-order valence-electron chi connectivity index (χ4n) is 2.81. The lowest BCUT2D eigenvalue weighted by Gasteiger charge is -2.37. The summed E-state index contributed by atoms with van der Waals surface area (Å²) in [7, 11) is -4.52. The van der Waals surface area contributed by atoms with Gasteiger partial charge in [-0.2, -0.15) is 8.78 Å². The molecule has 2 aromatic rings. The second-order valence-electron chi connectivity index (χ2n) is 5.75. The minimum Gasteiger partial charge on any atom is -0.382 e. The smallest absolute Gasteiger partial charge is 0.341 e. The quantitative estimate of drug-likeness (QED) is 0.895. The number of hydrogen-bond acceptors (Lipinski definition) is 3. The van der Waals surface area contributed by atoms with Crippen molar-refractivity contribution in [2.75, 3.05) is 5.32 Å². The predicted molar refractivity (Wildman–Crippen MR) is 85.5 cm³/mol. The van der Waals surface area contributed by atoms with Gasteiger partial charge in [0.15, 0.2) is 0 Å². The average Bonchev–Trinajstić information content (AvgIpc) is 2.51. The van der Waals surface area contributed by atoms with Gasteiger partial charge in [0.1, 0.15) is 0 Å². The third kappa shape index (κ3) is 3.37. The highest BCUT2D eigenvalue weighted by Crippen LogP contribution is 2.38. The first-order chi connectivity index (χ1) is 11.0. The van der Waals surface area contributed by atoms with Crippen molar-refractivity contribution in [3.8, 4) is 0 Å². The maximum Gasteiger partial charge on any atom is 0.341 e. The lowest BCUT2D eigenvalue weighted by Crippen LogP contribution is -2.33. The summed E-state index contributed by atoms with van der Waals surface area (Å²) in [4.78, 5) is -0.353. The number of anilines is 1. The van der Waals surface area contributed by atoms with Crippen LogP contribution in [-0.4, -0.2) is 20.2 Å². The van der Waals surface area contributed by atoms with E-state index in [2.05, 4.69) is 17.4 Å². The van der Waals surface area contributed by atoms with Crippen molar-refractivity contribution in [3.05, 3.63) is 60.2 Å². The van der Waals surface area contributed by atoms with Crippen LogP contribution in [0.4, 0.5) is 14.5 Å². The Morgan fingerprint density at radius 1 is 0.957 bits per heavy atom. The fraction of sp³-hybridized carbons (Fsp3) is 0.294. The van der Waals surface area contributed by atoms with Gasteiger partial charge in [-0.25, -0.2) is 8.42 Å². The maximum absolute atomic E-state index is 12.5. The predicted octanol–water partition coefficient (Wildman–Crippen LogP) is 4.04. The minimum absolute atomic E-state index is 0.317. The van der Waals surface area contributed by atoms with E-state index in [1.807, 2.05) is 18.2 Å². The van der Waals surface area contributed by atoms with Crippen molar-refractivity contribution >= 4 is 15.5 Å². The highest BCUT2D eigenvalue weighted by Gasteiger charge is 2.30. The van der Waals surface area contributed by atoms with Crippen molar-refractivity contribution in [2.45, 2.75) is 35.5 Å². The Balaban J connectivity index is 1.59. The number of benzene rings is 2. The zero-order chi connectivity index (χ0) is 16.4. The Labute approximate surface area is 134 Å². The third-order valence-electron chi connectivity index (χ3n) is 4.20. The summed E-state index contributed by atoms with van der Waals surface area (Å²) in [5.74, 6) is -2.85. The minimum atomic E-state index is -4.52. The van der Waals surface area contributed by atoms with Crippen molar-refractivity contribution < 1.29 is 17.2 Å². The molecule has 1 N–H and O–H groups in total. The van der Waals surface area contributed by atoms with Crippen molar-refractivity contribution in [1.29, 1.82) is 0 Å². The Morgan fingerprint density at radius 3 is 2.13 bits per heavy atom. The van der Waals surface area contributed by atoms with Gasteiger partial charge in [-0.05, 0) is 48.6 Å². The molecule has 0 atom stereocenters. The largest absolute Gasteiger partial charge is 0.382 e. The van der Waals surface area contributed by atoms with Gasteiger partial charge in [0.2, 0.25) is 9.84 Å². The highest BCUT2D eigenvalue weighted by molar-refractivity contribution is 7.91. The molecule has 0 heterocycles. The van der Waals surface area contributed by atoms with E-state index in [0.717, 1.165) is 18.5 Å². The fourth-order valence-corrected chi connectivity index (χ4v) is 3.53. The monoisotopic (exact) mass is 337 g/mol. The van der Waals surface area contributed by atoms with Gasteiger partial charge in [0, 0.05) is 11.7 Å². The molecule has 1 aliphatic carbocycles. The van der Waals surface area contributed by atoms with Crippen molar-refractivity contribution in [1.82, 2.24) is 0 Å². The normalized spacial score (nSPS) is 21.0. The lowest BCUT2D eigenvalue weighted by atomic mass is 9.76. The maximum atomic E-state index is 12.5. The molecular formula is C17H17F2NO2S. The van der Waals surface area contributed by atoms with Crippen LogP contribution in [-0.2, 0) is 9.84 Å². The van der Waals surface area contributed by atoms with Crippen LogP contribution >= 0.6 is 0 Å². The van der Waals surface area contributed by atoms with Gasteiger partial charge in [0.25, 0.3) is 0 Å². The van der Waals surface area contributed by atoms with Crippen molar-refractivity contribution in [3.63, 3.8) is 0 Å². The number of sulfone groups is 1. The van der Waals surface area contributed by atoms with E-state index >= 15 is 0 Å². The molecule has 1 aliphatic rings. The van der Waals surface area contributed by atoms with E-state index in [1.165, 1.54) is 29.8 Å². The Kier molecular flexibility index (Phi) is 4.35. The molecule has 0 aliphatic heterocycles. The van der Waals surface area contributed by atoms with Gasteiger partial charge < -0.3 is 5.32 Å². The highest BCUT2D eigenvalue weighted by atomic mass is 32.2. The zero-order valence-electron chi connectivity index (χ0n) is 12.3. The molecule has 0 unspecified atom stereocenters. The Bertz CT molecular complexity index is 755. The Morgan fingerprint density at radius 2 is 1.57 bits per heavy atom. The first-order valence-corrected chi connectivity index (χ1v) is 8.95. The molecule has 1 saturated carbocycles.